The number of hydrogen-bond donors (Lipinski definition) is 0. The van der Waals surface area contributed by atoms with E-state index in [-0.39, 0.29) is 0 Å². The van der Waals surface area contributed by atoms with Crippen LogP contribution in [-0.4, -0.2) is 20.8 Å². The molecule has 0 aliphatic carbocycles. The fourth-order valence-corrected chi connectivity index (χ4v) is 2.06. The molecule has 0 saturated carbocycles. The second kappa shape index (κ2) is 3.61. The van der Waals surface area contributed by atoms with Gasteiger partial charge in [-0.25, -0.2) is 9.97 Å². The second-order valence-electron chi connectivity index (χ2n) is 3.43. The third-order valence-corrected chi connectivity index (χ3v) is 2.88. The van der Waals surface area contributed by atoms with Crippen LogP contribution in [0.2, 0.25) is 0 Å². The van der Waals surface area contributed by atoms with E-state index in [2.05, 4.69) is 28.4 Å². The standard InChI is InChI=1S/C10H13N3S/c1-7(2)13-6-12-8-4-5-11-10(14-3)9(8)13/h4-7H,1-3H3. The molecule has 0 bridgehead atoms. The average Bonchev–Trinajstić information content (AvgIpc) is 2.60. The summed E-state index contributed by atoms with van der Waals surface area (Å²) in [5.41, 5.74) is 2.17. The van der Waals surface area contributed by atoms with Crippen LogP contribution in [0.25, 0.3) is 11.0 Å². The maximum atomic E-state index is 4.36. The maximum absolute atomic E-state index is 4.36. The molecule has 2 aromatic rings. The minimum Gasteiger partial charge on any atom is -0.326 e. The highest BCUT2D eigenvalue weighted by molar-refractivity contribution is 7.98. The van der Waals surface area contributed by atoms with E-state index in [0.29, 0.717) is 6.04 Å². The van der Waals surface area contributed by atoms with Crippen molar-refractivity contribution in [2.45, 2.75) is 24.9 Å². The number of nitrogens with zero attached hydrogens (tertiary/aromatic N) is 3. The SMILES string of the molecule is CSc1nccc2ncn(C(C)C)c12. The lowest BCUT2D eigenvalue weighted by molar-refractivity contribution is 0.613. The summed E-state index contributed by atoms with van der Waals surface area (Å²) in [6.07, 6.45) is 5.74. The Morgan fingerprint density at radius 3 is 2.79 bits per heavy atom. The molecule has 14 heavy (non-hydrogen) atoms. The molecule has 0 aliphatic rings. The fourth-order valence-electron chi connectivity index (χ4n) is 1.50. The van der Waals surface area contributed by atoms with Gasteiger partial charge in [0.05, 0.1) is 11.8 Å². The highest BCUT2D eigenvalue weighted by atomic mass is 32.2. The Kier molecular flexibility index (Phi) is 2.46. The van der Waals surface area contributed by atoms with E-state index < -0.39 is 0 Å². The first kappa shape index (κ1) is 9.52. The van der Waals surface area contributed by atoms with E-state index in [1.54, 1.807) is 11.8 Å². The summed E-state index contributed by atoms with van der Waals surface area (Å²) >= 11 is 1.66. The van der Waals surface area contributed by atoms with Crippen LogP contribution in [0.4, 0.5) is 0 Å². The molecule has 2 heterocycles. The van der Waals surface area contributed by atoms with Crippen molar-refractivity contribution in [1.82, 2.24) is 14.5 Å². The van der Waals surface area contributed by atoms with Crippen molar-refractivity contribution < 1.29 is 0 Å². The Morgan fingerprint density at radius 2 is 2.14 bits per heavy atom. The van der Waals surface area contributed by atoms with Crippen LogP contribution in [0.5, 0.6) is 0 Å². The van der Waals surface area contributed by atoms with Crippen molar-refractivity contribution in [2.75, 3.05) is 6.26 Å². The molecule has 3 nitrogen and oxygen atoms in total. The molecule has 0 atom stereocenters. The predicted molar refractivity (Wildman–Crippen MR) is 59.7 cm³/mol. The minimum absolute atomic E-state index is 0.426. The first-order valence-corrected chi connectivity index (χ1v) is 5.82. The molecule has 0 radical (unpaired) electrons. The molecule has 2 aromatic heterocycles. The number of thioether (sulfide) groups is 1. The maximum Gasteiger partial charge on any atom is 0.122 e. The van der Waals surface area contributed by atoms with Crippen LogP contribution < -0.4 is 0 Å². The molecule has 74 valence electrons. The van der Waals surface area contributed by atoms with Gasteiger partial charge in [-0.05, 0) is 26.2 Å². The molecule has 0 aliphatic heterocycles. The lowest BCUT2D eigenvalue weighted by Crippen LogP contribution is -1.99. The molecule has 4 heteroatoms. The molecule has 0 N–H and O–H groups in total. The highest BCUT2D eigenvalue weighted by Crippen LogP contribution is 2.25. The number of rotatable bonds is 2. The number of imidazole rings is 1. The lowest BCUT2D eigenvalue weighted by atomic mass is 10.3. The van der Waals surface area contributed by atoms with Crippen molar-refractivity contribution in [3.8, 4) is 0 Å². The lowest BCUT2D eigenvalue weighted by Gasteiger charge is -2.09. The molecule has 0 amide bonds. The molecule has 0 aromatic carbocycles. The summed E-state index contributed by atoms with van der Waals surface area (Å²) in [6, 6.07) is 2.38. The Hall–Kier alpha value is -1.03. The molecular weight excluding hydrogens is 194 g/mol. The summed E-state index contributed by atoms with van der Waals surface area (Å²) in [4.78, 5) is 8.70. The molecule has 2 rings (SSSR count). The van der Waals surface area contributed by atoms with Gasteiger partial charge in [-0.1, -0.05) is 0 Å². The minimum atomic E-state index is 0.426. The Balaban J connectivity index is 2.74. The van der Waals surface area contributed by atoms with Gasteiger partial charge in [0.2, 0.25) is 0 Å². The third kappa shape index (κ3) is 1.39. The van der Waals surface area contributed by atoms with Crippen LogP contribution in [0.15, 0.2) is 23.6 Å². The van der Waals surface area contributed by atoms with Gasteiger partial charge in [0, 0.05) is 12.2 Å². The molecule has 0 fully saturated rings. The number of fused-ring (bicyclic) bond motifs is 1. The number of aromatic nitrogens is 3. The highest BCUT2D eigenvalue weighted by Gasteiger charge is 2.09. The van der Waals surface area contributed by atoms with E-state index in [4.69, 9.17) is 0 Å². The van der Waals surface area contributed by atoms with Gasteiger partial charge < -0.3 is 4.57 Å². The van der Waals surface area contributed by atoms with Crippen LogP contribution in [-0.2, 0) is 0 Å². The smallest absolute Gasteiger partial charge is 0.122 e. The van der Waals surface area contributed by atoms with Crippen LogP contribution in [0.1, 0.15) is 19.9 Å². The van der Waals surface area contributed by atoms with E-state index in [9.17, 15) is 0 Å². The topological polar surface area (TPSA) is 30.7 Å². The Labute approximate surface area is 87.6 Å². The summed E-state index contributed by atoms with van der Waals surface area (Å²) < 4.78 is 2.16. The monoisotopic (exact) mass is 207 g/mol. The van der Waals surface area contributed by atoms with Crippen molar-refractivity contribution >= 4 is 22.8 Å². The summed E-state index contributed by atoms with van der Waals surface area (Å²) in [7, 11) is 0. The summed E-state index contributed by atoms with van der Waals surface area (Å²) in [6.45, 7) is 4.30. The van der Waals surface area contributed by atoms with Crippen LogP contribution in [0, 0.1) is 0 Å². The molecule has 0 spiro atoms. The number of pyridine rings is 1. The van der Waals surface area contributed by atoms with Gasteiger partial charge in [-0.15, -0.1) is 11.8 Å². The van der Waals surface area contributed by atoms with Gasteiger partial charge >= 0.3 is 0 Å². The van der Waals surface area contributed by atoms with Gasteiger partial charge in [0.15, 0.2) is 0 Å². The summed E-state index contributed by atoms with van der Waals surface area (Å²) in [5, 5.41) is 1.05. The Morgan fingerprint density at radius 1 is 1.36 bits per heavy atom. The van der Waals surface area contributed by atoms with E-state index in [1.807, 2.05) is 24.8 Å². The molecular formula is C10H13N3S. The van der Waals surface area contributed by atoms with Crippen molar-refractivity contribution in [3.63, 3.8) is 0 Å². The van der Waals surface area contributed by atoms with Gasteiger partial charge in [-0.2, -0.15) is 0 Å². The molecule has 0 saturated heterocycles. The van der Waals surface area contributed by atoms with E-state index in [0.717, 1.165) is 16.1 Å². The van der Waals surface area contributed by atoms with Gasteiger partial charge in [0.25, 0.3) is 0 Å². The third-order valence-electron chi connectivity index (χ3n) is 2.20. The Bertz CT molecular complexity index is 448. The molecule has 0 unspecified atom stereocenters. The van der Waals surface area contributed by atoms with E-state index >= 15 is 0 Å². The zero-order chi connectivity index (χ0) is 10.1. The van der Waals surface area contributed by atoms with Gasteiger partial charge in [0.1, 0.15) is 10.5 Å². The summed E-state index contributed by atoms with van der Waals surface area (Å²) in [5.74, 6) is 0. The predicted octanol–water partition coefficient (Wildman–Crippen LogP) is 2.73. The second-order valence-corrected chi connectivity index (χ2v) is 4.23. The zero-order valence-electron chi connectivity index (χ0n) is 8.56. The zero-order valence-corrected chi connectivity index (χ0v) is 9.38. The first-order chi connectivity index (χ1) is 6.74. The van der Waals surface area contributed by atoms with Crippen LogP contribution >= 0.6 is 11.8 Å². The van der Waals surface area contributed by atoms with Crippen molar-refractivity contribution in [3.05, 3.63) is 18.6 Å². The average molecular weight is 207 g/mol. The largest absolute Gasteiger partial charge is 0.326 e. The quantitative estimate of drug-likeness (QED) is 0.709. The van der Waals surface area contributed by atoms with Gasteiger partial charge in [-0.3, -0.25) is 0 Å². The van der Waals surface area contributed by atoms with Crippen LogP contribution in [0.3, 0.4) is 0 Å². The van der Waals surface area contributed by atoms with E-state index in [1.165, 1.54) is 0 Å². The normalized spacial score (nSPS) is 11.4. The number of hydrogen-bond acceptors (Lipinski definition) is 3. The first-order valence-electron chi connectivity index (χ1n) is 4.59. The fraction of sp³-hybridized carbons (Fsp3) is 0.400. The van der Waals surface area contributed by atoms with Crippen molar-refractivity contribution in [2.24, 2.45) is 0 Å². The van der Waals surface area contributed by atoms with Crippen molar-refractivity contribution in [1.29, 1.82) is 0 Å².